The lowest BCUT2D eigenvalue weighted by atomic mass is 9.98. The molecular weight excluding hydrogens is 420 g/mol. The molecular formula is C22H21ClN4O2S. The van der Waals surface area contributed by atoms with Crippen LogP contribution in [0.2, 0.25) is 5.02 Å². The van der Waals surface area contributed by atoms with Gasteiger partial charge in [0.25, 0.3) is 5.56 Å². The first-order valence-corrected chi connectivity index (χ1v) is 10.1. The highest BCUT2D eigenvalue weighted by Crippen LogP contribution is 2.38. The summed E-state index contributed by atoms with van der Waals surface area (Å²) in [5.74, 6) is -0.148. The monoisotopic (exact) mass is 440 g/mol. The summed E-state index contributed by atoms with van der Waals surface area (Å²) < 4.78 is 1.47. The molecule has 0 radical (unpaired) electrons. The van der Waals surface area contributed by atoms with Gasteiger partial charge in [0.05, 0.1) is 5.02 Å². The molecule has 0 fully saturated rings. The zero-order valence-corrected chi connectivity index (χ0v) is 17.5. The number of nitrogen functional groups attached to an aromatic ring is 1. The first kappa shape index (κ1) is 21.6. The van der Waals surface area contributed by atoms with E-state index in [4.69, 9.17) is 17.3 Å². The molecule has 8 heteroatoms. The number of aromatic amines is 1. The number of nitrogens with two attached hydrogens (primary N) is 1. The van der Waals surface area contributed by atoms with Gasteiger partial charge in [-0.25, -0.2) is 4.68 Å². The summed E-state index contributed by atoms with van der Waals surface area (Å²) in [6.07, 6.45) is 0. The number of nitrogens with one attached hydrogen (secondary N) is 1. The van der Waals surface area contributed by atoms with Crippen molar-refractivity contribution in [1.82, 2.24) is 15.9 Å². The number of aromatic nitrogens is 2. The highest BCUT2D eigenvalue weighted by molar-refractivity contribution is 7.99. The molecule has 0 spiro atoms. The van der Waals surface area contributed by atoms with Crippen molar-refractivity contribution in [3.05, 3.63) is 105 Å². The second-order valence-electron chi connectivity index (χ2n) is 6.48. The van der Waals surface area contributed by atoms with Crippen LogP contribution < -0.4 is 17.4 Å². The second-order valence-corrected chi connectivity index (χ2v) is 7.94. The van der Waals surface area contributed by atoms with Crippen molar-refractivity contribution in [1.29, 1.82) is 0 Å². The number of anilines is 1. The molecule has 3 aromatic carbocycles. The smallest absolute Gasteiger partial charge is 0.282 e. The molecule has 154 valence electrons. The van der Waals surface area contributed by atoms with Crippen molar-refractivity contribution in [2.75, 3.05) is 5.73 Å². The van der Waals surface area contributed by atoms with E-state index in [2.05, 4.69) is 5.10 Å². The van der Waals surface area contributed by atoms with Crippen LogP contribution in [0.3, 0.4) is 0 Å². The molecule has 30 heavy (non-hydrogen) atoms. The van der Waals surface area contributed by atoms with Crippen LogP contribution in [0, 0.1) is 0 Å². The Kier molecular flexibility index (Phi) is 6.56. The Labute approximate surface area is 182 Å². The van der Waals surface area contributed by atoms with Crippen LogP contribution in [0.15, 0.2) is 93.4 Å². The number of aromatic hydroxyl groups is 1. The van der Waals surface area contributed by atoms with Gasteiger partial charge in [0.1, 0.15) is 10.9 Å². The van der Waals surface area contributed by atoms with Crippen LogP contribution in [-0.4, -0.2) is 14.9 Å². The van der Waals surface area contributed by atoms with E-state index in [0.717, 1.165) is 22.9 Å². The maximum absolute atomic E-state index is 12.7. The number of benzene rings is 3. The van der Waals surface area contributed by atoms with Gasteiger partial charge in [0.2, 0.25) is 5.88 Å². The van der Waals surface area contributed by atoms with Crippen LogP contribution in [0.5, 0.6) is 5.88 Å². The third-order valence-electron chi connectivity index (χ3n) is 4.53. The van der Waals surface area contributed by atoms with E-state index < -0.39 is 6.04 Å². The number of halogens is 1. The van der Waals surface area contributed by atoms with E-state index in [1.807, 2.05) is 54.6 Å². The van der Waals surface area contributed by atoms with Gasteiger partial charge in [-0.05, 0) is 35.4 Å². The average molecular weight is 441 g/mol. The fraction of sp³-hybridized carbons (Fsp3) is 0.0455. The highest BCUT2D eigenvalue weighted by atomic mass is 35.5. The van der Waals surface area contributed by atoms with Crippen LogP contribution in [-0.2, 0) is 0 Å². The number of nitrogens with zero attached hydrogens (tertiary/aromatic N) is 1. The maximum atomic E-state index is 12.7. The van der Waals surface area contributed by atoms with E-state index >= 15 is 0 Å². The maximum Gasteiger partial charge on any atom is 0.282 e. The van der Waals surface area contributed by atoms with Crippen molar-refractivity contribution < 1.29 is 5.11 Å². The van der Waals surface area contributed by atoms with Crippen LogP contribution in [0.25, 0.3) is 0 Å². The summed E-state index contributed by atoms with van der Waals surface area (Å²) in [6, 6.07) is 23.8. The molecule has 1 aromatic heterocycles. The fourth-order valence-corrected chi connectivity index (χ4v) is 4.26. The van der Waals surface area contributed by atoms with Crippen LogP contribution >= 0.6 is 23.4 Å². The van der Waals surface area contributed by atoms with E-state index in [1.165, 1.54) is 4.68 Å². The summed E-state index contributed by atoms with van der Waals surface area (Å²) in [5.41, 5.74) is 7.87. The number of rotatable bonds is 5. The Bertz CT molecular complexity index is 1190. The molecule has 0 aliphatic heterocycles. The number of H-pyrrole nitrogens is 1. The van der Waals surface area contributed by atoms with Crippen molar-refractivity contribution in [3.63, 3.8) is 0 Å². The quantitative estimate of drug-likeness (QED) is 0.323. The van der Waals surface area contributed by atoms with Crippen LogP contribution in [0.1, 0.15) is 17.2 Å². The summed E-state index contributed by atoms with van der Waals surface area (Å²) in [5, 5.41) is 14.2. The van der Waals surface area contributed by atoms with Gasteiger partial charge in [0.15, 0.2) is 0 Å². The Hall–Kier alpha value is -3.13. The van der Waals surface area contributed by atoms with Crippen molar-refractivity contribution in [3.8, 4) is 5.88 Å². The summed E-state index contributed by atoms with van der Waals surface area (Å²) in [4.78, 5) is 13.6. The van der Waals surface area contributed by atoms with Crippen LogP contribution in [0.4, 0.5) is 5.69 Å². The third-order valence-corrected chi connectivity index (χ3v) is 6.12. The second kappa shape index (κ2) is 9.13. The lowest BCUT2D eigenvalue weighted by Gasteiger charge is -2.20. The molecule has 0 amide bonds. The molecule has 7 N–H and O–H groups in total. The molecule has 1 heterocycles. The average Bonchev–Trinajstić information content (AvgIpc) is 3.00. The molecule has 0 aliphatic rings. The van der Waals surface area contributed by atoms with E-state index in [1.54, 1.807) is 24.3 Å². The molecule has 0 aliphatic carbocycles. The molecule has 0 saturated carbocycles. The van der Waals surface area contributed by atoms with Gasteiger partial charge >= 0.3 is 0 Å². The minimum atomic E-state index is -0.426. The lowest BCUT2D eigenvalue weighted by molar-refractivity contribution is 0.384. The minimum Gasteiger partial charge on any atom is -0.493 e. The predicted molar refractivity (Wildman–Crippen MR) is 122 cm³/mol. The van der Waals surface area contributed by atoms with Crippen molar-refractivity contribution in [2.45, 2.75) is 15.8 Å². The molecule has 4 aromatic rings. The largest absolute Gasteiger partial charge is 0.493 e. The van der Waals surface area contributed by atoms with E-state index in [9.17, 15) is 9.90 Å². The van der Waals surface area contributed by atoms with Gasteiger partial charge < -0.3 is 17.0 Å². The Morgan fingerprint density at radius 3 is 2.20 bits per heavy atom. The van der Waals surface area contributed by atoms with E-state index in [0.29, 0.717) is 15.6 Å². The molecule has 0 saturated heterocycles. The minimum absolute atomic E-state index is 0. The predicted octanol–water partition coefficient (Wildman–Crippen LogP) is 5.07. The highest BCUT2D eigenvalue weighted by Gasteiger charge is 2.24. The van der Waals surface area contributed by atoms with Gasteiger partial charge in [-0.15, -0.1) is 0 Å². The fourth-order valence-electron chi connectivity index (χ4n) is 3.14. The number of hydrogen-bond donors (Lipinski definition) is 4. The van der Waals surface area contributed by atoms with Gasteiger partial charge in [-0.1, -0.05) is 78.0 Å². The molecule has 0 bridgehead atoms. The van der Waals surface area contributed by atoms with E-state index in [-0.39, 0.29) is 22.5 Å². The van der Waals surface area contributed by atoms with Gasteiger partial charge in [-0.2, -0.15) is 0 Å². The lowest BCUT2D eigenvalue weighted by Crippen LogP contribution is -2.16. The third kappa shape index (κ3) is 4.23. The summed E-state index contributed by atoms with van der Waals surface area (Å²) in [6.45, 7) is 0. The topological polar surface area (TPSA) is 119 Å². The Morgan fingerprint density at radius 1 is 0.933 bits per heavy atom. The molecule has 1 unspecified atom stereocenters. The normalized spacial score (nSPS) is 11.6. The summed E-state index contributed by atoms with van der Waals surface area (Å²) in [7, 11) is 0. The number of hydrogen-bond acceptors (Lipinski definition) is 5. The SMILES string of the molecule is N.Nc1ccc(C(c2ccccc2)n2[nH]c(=O)c(Sc3ccccc3Cl)c2O)cc1. The molecule has 4 rings (SSSR count). The first-order chi connectivity index (χ1) is 14.0. The Balaban J connectivity index is 0.00000256. The van der Waals surface area contributed by atoms with Gasteiger partial charge in [0, 0.05) is 10.6 Å². The standard InChI is InChI=1S/C22H18ClN3O2S.H3N/c23-17-8-4-5-9-18(17)29-20-21(27)25-26(22(20)28)19(14-6-2-1-3-7-14)15-10-12-16(24)13-11-15;/h1-13,19,28H,24H2,(H,25,27);1H3. The van der Waals surface area contributed by atoms with Crippen molar-refractivity contribution in [2.24, 2.45) is 0 Å². The van der Waals surface area contributed by atoms with Gasteiger partial charge in [-0.3, -0.25) is 9.89 Å². The van der Waals surface area contributed by atoms with Crippen molar-refractivity contribution >= 4 is 29.1 Å². The Morgan fingerprint density at radius 2 is 1.53 bits per heavy atom. The summed E-state index contributed by atoms with van der Waals surface area (Å²) >= 11 is 7.35. The zero-order chi connectivity index (χ0) is 20.4. The first-order valence-electron chi connectivity index (χ1n) is 8.91. The zero-order valence-electron chi connectivity index (χ0n) is 16.0. The molecule has 6 nitrogen and oxygen atoms in total. The molecule has 1 atom stereocenters.